The molecule has 1 aliphatic rings. The van der Waals surface area contributed by atoms with Gasteiger partial charge >= 0.3 is 12.0 Å². The fourth-order valence-electron chi connectivity index (χ4n) is 2.61. The number of esters is 1. The van der Waals surface area contributed by atoms with E-state index < -0.39 is 23.9 Å². The zero-order valence-electron chi connectivity index (χ0n) is 13.6. The molecule has 0 fully saturated rings. The van der Waals surface area contributed by atoms with Crippen molar-refractivity contribution in [2.75, 3.05) is 27.4 Å². The maximum absolute atomic E-state index is 14.3. The fourth-order valence-corrected chi connectivity index (χ4v) is 2.88. The van der Waals surface area contributed by atoms with E-state index in [-0.39, 0.29) is 29.3 Å². The molecule has 0 bridgehead atoms. The molecule has 130 valence electrons. The molecule has 24 heavy (non-hydrogen) atoms. The number of carbonyl (C=O) groups excluding carboxylic acids is 2. The molecule has 0 spiro atoms. The summed E-state index contributed by atoms with van der Waals surface area (Å²) in [5, 5.41) is 2.73. The van der Waals surface area contributed by atoms with Crippen LogP contribution in [0.2, 0.25) is 5.02 Å². The molecule has 0 aromatic heterocycles. The third kappa shape index (κ3) is 3.37. The number of nitrogens with zero attached hydrogens (tertiary/aromatic N) is 1. The Morgan fingerprint density at radius 3 is 2.71 bits per heavy atom. The van der Waals surface area contributed by atoms with Crippen LogP contribution in [0, 0.1) is 5.82 Å². The van der Waals surface area contributed by atoms with E-state index in [1.807, 2.05) is 0 Å². The van der Waals surface area contributed by atoms with Crippen molar-refractivity contribution in [3.8, 4) is 0 Å². The highest BCUT2D eigenvalue weighted by molar-refractivity contribution is 6.31. The van der Waals surface area contributed by atoms with Gasteiger partial charge in [0.2, 0.25) is 0 Å². The van der Waals surface area contributed by atoms with E-state index in [1.54, 1.807) is 6.92 Å². The zero-order chi connectivity index (χ0) is 17.9. The first-order valence-corrected chi connectivity index (χ1v) is 7.60. The SMILES string of the molecule is COCCN1C(=O)NC(c2c(F)cccc2Cl)C(C(=O)OC)=C1C. The molecule has 1 aromatic rings. The van der Waals surface area contributed by atoms with E-state index in [1.165, 1.54) is 37.3 Å². The number of rotatable bonds is 5. The average Bonchev–Trinajstić information content (AvgIpc) is 2.54. The van der Waals surface area contributed by atoms with Gasteiger partial charge in [-0.2, -0.15) is 0 Å². The number of carbonyl (C=O) groups is 2. The Balaban J connectivity index is 2.57. The predicted molar refractivity (Wildman–Crippen MR) is 86.0 cm³/mol. The van der Waals surface area contributed by atoms with Crippen LogP contribution in [0.4, 0.5) is 9.18 Å². The molecule has 0 aliphatic carbocycles. The lowest BCUT2D eigenvalue weighted by Gasteiger charge is -2.35. The third-order valence-electron chi connectivity index (χ3n) is 3.81. The van der Waals surface area contributed by atoms with Crippen LogP contribution >= 0.6 is 11.6 Å². The van der Waals surface area contributed by atoms with Gasteiger partial charge in [0, 0.05) is 23.4 Å². The highest BCUT2D eigenvalue weighted by Crippen LogP contribution is 2.36. The number of halogens is 2. The molecule has 0 radical (unpaired) electrons. The van der Waals surface area contributed by atoms with E-state index in [9.17, 15) is 14.0 Å². The molecular formula is C16H18ClFN2O4. The van der Waals surface area contributed by atoms with Crippen molar-refractivity contribution in [1.82, 2.24) is 10.2 Å². The zero-order valence-corrected chi connectivity index (χ0v) is 14.3. The van der Waals surface area contributed by atoms with Gasteiger partial charge in [0.1, 0.15) is 5.82 Å². The smallest absolute Gasteiger partial charge is 0.337 e. The van der Waals surface area contributed by atoms with Crippen molar-refractivity contribution in [3.63, 3.8) is 0 Å². The topological polar surface area (TPSA) is 67.9 Å². The van der Waals surface area contributed by atoms with Crippen molar-refractivity contribution in [3.05, 3.63) is 45.9 Å². The maximum atomic E-state index is 14.3. The van der Waals surface area contributed by atoms with Crippen LogP contribution in [0.25, 0.3) is 0 Å². The van der Waals surface area contributed by atoms with Gasteiger partial charge in [0.15, 0.2) is 0 Å². The minimum atomic E-state index is -1.03. The van der Waals surface area contributed by atoms with Crippen LogP contribution in [0.15, 0.2) is 29.5 Å². The molecule has 8 heteroatoms. The highest BCUT2D eigenvalue weighted by atomic mass is 35.5. The molecule has 0 saturated carbocycles. The number of allylic oxidation sites excluding steroid dienone is 1. The molecule has 1 N–H and O–H groups in total. The van der Waals surface area contributed by atoms with Crippen molar-refractivity contribution in [2.45, 2.75) is 13.0 Å². The van der Waals surface area contributed by atoms with Crippen LogP contribution in [0.5, 0.6) is 0 Å². The monoisotopic (exact) mass is 356 g/mol. The summed E-state index contributed by atoms with van der Waals surface area (Å²) < 4.78 is 24.1. The van der Waals surface area contributed by atoms with Crippen molar-refractivity contribution < 1.29 is 23.5 Å². The van der Waals surface area contributed by atoms with Gasteiger partial charge in [0.25, 0.3) is 0 Å². The summed E-state index contributed by atoms with van der Waals surface area (Å²) >= 11 is 6.09. The Hall–Kier alpha value is -2.12. The van der Waals surface area contributed by atoms with Gasteiger partial charge in [0.05, 0.1) is 31.9 Å². The number of methoxy groups -OCH3 is 2. The quantitative estimate of drug-likeness (QED) is 0.823. The molecule has 2 rings (SSSR count). The van der Waals surface area contributed by atoms with Crippen molar-refractivity contribution >= 4 is 23.6 Å². The number of ether oxygens (including phenoxy) is 2. The van der Waals surface area contributed by atoms with Crippen LogP contribution in [0.1, 0.15) is 18.5 Å². The summed E-state index contributed by atoms with van der Waals surface area (Å²) in [7, 11) is 2.72. The summed E-state index contributed by atoms with van der Waals surface area (Å²) in [5.41, 5.74) is 0.519. The Morgan fingerprint density at radius 1 is 1.42 bits per heavy atom. The molecule has 1 unspecified atom stereocenters. The summed E-state index contributed by atoms with van der Waals surface area (Å²) in [6.45, 7) is 2.12. The van der Waals surface area contributed by atoms with Gasteiger partial charge in [-0.1, -0.05) is 17.7 Å². The Morgan fingerprint density at radius 2 is 2.12 bits per heavy atom. The van der Waals surface area contributed by atoms with Crippen molar-refractivity contribution in [1.29, 1.82) is 0 Å². The van der Waals surface area contributed by atoms with Crippen LogP contribution in [-0.2, 0) is 14.3 Å². The molecule has 1 heterocycles. The Labute approximate surface area is 144 Å². The number of nitrogens with one attached hydrogen (secondary N) is 1. The minimum Gasteiger partial charge on any atom is -0.466 e. The second-order valence-electron chi connectivity index (χ2n) is 5.15. The van der Waals surface area contributed by atoms with Gasteiger partial charge in [-0.05, 0) is 19.1 Å². The average molecular weight is 357 g/mol. The molecule has 1 atom stereocenters. The largest absolute Gasteiger partial charge is 0.466 e. The number of hydrogen-bond donors (Lipinski definition) is 1. The van der Waals surface area contributed by atoms with E-state index in [0.717, 1.165) is 0 Å². The summed E-state index contributed by atoms with van der Waals surface area (Å²) in [6.07, 6.45) is 0. The van der Waals surface area contributed by atoms with E-state index >= 15 is 0 Å². The lowest BCUT2D eigenvalue weighted by Crippen LogP contribution is -2.49. The second-order valence-corrected chi connectivity index (χ2v) is 5.56. The summed E-state index contributed by atoms with van der Waals surface area (Å²) in [5.74, 6) is -1.29. The fraction of sp³-hybridized carbons (Fsp3) is 0.375. The number of benzene rings is 1. The molecule has 0 saturated heterocycles. The predicted octanol–water partition coefficient (Wildman–Crippen LogP) is 2.64. The Kier molecular flexibility index (Phi) is 5.80. The maximum Gasteiger partial charge on any atom is 0.337 e. The molecule has 1 aromatic carbocycles. The summed E-state index contributed by atoms with van der Waals surface area (Å²) in [6, 6.07) is 2.66. The minimum absolute atomic E-state index is 0.0265. The van der Waals surface area contributed by atoms with Crippen LogP contribution < -0.4 is 5.32 Å². The summed E-state index contributed by atoms with van der Waals surface area (Å²) in [4.78, 5) is 26.0. The van der Waals surface area contributed by atoms with Gasteiger partial charge in [-0.3, -0.25) is 4.90 Å². The number of amides is 2. The molecular weight excluding hydrogens is 339 g/mol. The van der Waals surface area contributed by atoms with E-state index in [4.69, 9.17) is 21.1 Å². The van der Waals surface area contributed by atoms with E-state index in [0.29, 0.717) is 5.70 Å². The third-order valence-corrected chi connectivity index (χ3v) is 4.14. The molecule has 6 nitrogen and oxygen atoms in total. The van der Waals surface area contributed by atoms with Gasteiger partial charge in [-0.25, -0.2) is 14.0 Å². The normalized spacial score (nSPS) is 17.8. The van der Waals surface area contributed by atoms with Gasteiger partial charge in [-0.15, -0.1) is 0 Å². The van der Waals surface area contributed by atoms with Crippen LogP contribution in [-0.4, -0.2) is 44.3 Å². The second kappa shape index (κ2) is 7.63. The lowest BCUT2D eigenvalue weighted by atomic mass is 9.94. The first-order valence-electron chi connectivity index (χ1n) is 7.22. The van der Waals surface area contributed by atoms with Crippen LogP contribution in [0.3, 0.4) is 0 Å². The lowest BCUT2D eigenvalue weighted by molar-refractivity contribution is -0.136. The van der Waals surface area contributed by atoms with Gasteiger partial charge < -0.3 is 14.8 Å². The first kappa shape index (κ1) is 18.2. The van der Waals surface area contributed by atoms with Crippen molar-refractivity contribution in [2.24, 2.45) is 0 Å². The standard InChI is InChI=1S/C16H18ClFN2O4/c1-9-12(15(21)24-3)14(13-10(17)5-4-6-11(13)18)19-16(22)20(9)7-8-23-2/h4-6,14H,7-8H2,1-3H3,(H,19,22). The number of hydrogen-bond acceptors (Lipinski definition) is 4. The first-order chi connectivity index (χ1) is 11.4. The number of urea groups is 1. The highest BCUT2D eigenvalue weighted by Gasteiger charge is 2.38. The molecule has 1 aliphatic heterocycles. The Bertz CT molecular complexity index is 672. The van der Waals surface area contributed by atoms with E-state index in [2.05, 4.69) is 5.32 Å². The molecule has 2 amide bonds.